The van der Waals surface area contributed by atoms with Gasteiger partial charge >= 0.3 is 92.6 Å². The number of hydrogen-bond acceptors (Lipinski definition) is 1. The fourth-order valence-electron chi connectivity index (χ4n) is 1.95. The van der Waals surface area contributed by atoms with Crippen LogP contribution in [0.4, 0.5) is 0 Å². The summed E-state index contributed by atoms with van der Waals surface area (Å²) in [5, 5.41) is 0. The number of hydrogen-bond donors (Lipinski definition) is 0. The van der Waals surface area contributed by atoms with Gasteiger partial charge in [-0.2, -0.15) is 0 Å². The molecule has 13 heavy (non-hydrogen) atoms. The van der Waals surface area contributed by atoms with Gasteiger partial charge < -0.3 is 0 Å². The molecule has 0 aromatic carbocycles. The molecule has 0 fully saturated rings. The molecular formula is C11H26InN. The van der Waals surface area contributed by atoms with Gasteiger partial charge in [-0.05, 0) is 0 Å². The zero-order chi connectivity index (χ0) is 10.3. The Labute approximate surface area is 92.4 Å². The summed E-state index contributed by atoms with van der Waals surface area (Å²) in [6.07, 6.45) is 2.78. The summed E-state index contributed by atoms with van der Waals surface area (Å²) in [4.78, 5) is 2.40. The van der Waals surface area contributed by atoms with E-state index in [-0.39, 0.29) is 0 Å². The quantitative estimate of drug-likeness (QED) is 0.694. The van der Waals surface area contributed by atoms with Gasteiger partial charge in [-0.15, -0.1) is 0 Å². The van der Waals surface area contributed by atoms with E-state index in [1.807, 2.05) is 0 Å². The Hall–Kier alpha value is 0.830. The van der Waals surface area contributed by atoms with E-state index in [9.17, 15) is 0 Å². The maximum atomic E-state index is 2.40. The summed E-state index contributed by atoms with van der Waals surface area (Å²) in [5.41, 5.74) is 0. The van der Waals surface area contributed by atoms with Crippen LogP contribution in [0.15, 0.2) is 0 Å². The van der Waals surface area contributed by atoms with E-state index >= 15 is 0 Å². The minimum absolute atomic E-state index is 0.845. The van der Waals surface area contributed by atoms with Crippen LogP contribution >= 0.6 is 0 Å². The Balaban J connectivity index is 3.69. The van der Waals surface area contributed by atoms with E-state index < -0.39 is 21.4 Å². The summed E-state index contributed by atoms with van der Waals surface area (Å²) in [7, 11) is 4.44. The molecule has 1 nitrogen and oxygen atoms in total. The van der Waals surface area contributed by atoms with Crippen LogP contribution in [0.25, 0.3) is 0 Å². The van der Waals surface area contributed by atoms with Gasteiger partial charge in [-0.25, -0.2) is 0 Å². The molecule has 0 aliphatic rings. The van der Waals surface area contributed by atoms with Crippen molar-refractivity contribution in [3.8, 4) is 0 Å². The average molecular weight is 287 g/mol. The zero-order valence-electron chi connectivity index (χ0n) is 10.1. The van der Waals surface area contributed by atoms with Crippen LogP contribution in [0.3, 0.4) is 0 Å². The van der Waals surface area contributed by atoms with Crippen LogP contribution in [0.5, 0.6) is 0 Å². The van der Waals surface area contributed by atoms with E-state index in [0.29, 0.717) is 0 Å². The van der Waals surface area contributed by atoms with Crippen molar-refractivity contribution in [3.05, 3.63) is 0 Å². The second-order valence-electron chi connectivity index (χ2n) is 4.29. The molecule has 0 rings (SSSR count). The Morgan fingerprint density at radius 3 is 1.92 bits per heavy atom. The van der Waals surface area contributed by atoms with Gasteiger partial charge in [0.05, 0.1) is 0 Å². The summed E-state index contributed by atoms with van der Waals surface area (Å²) in [6, 6.07) is 0.845. The van der Waals surface area contributed by atoms with Crippen molar-refractivity contribution in [3.63, 3.8) is 0 Å². The Bertz CT molecular complexity index is 111. The number of rotatable bonds is 7. The SMILES string of the molecule is CCC(C[CH2][In]([CH2]C)[CH2]C)N(C)C. The van der Waals surface area contributed by atoms with Gasteiger partial charge in [0, 0.05) is 0 Å². The molecule has 78 valence electrons. The Morgan fingerprint density at radius 2 is 1.62 bits per heavy atom. The van der Waals surface area contributed by atoms with Crippen molar-refractivity contribution in [2.45, 2.75) is 52.2 Å². The first-order chi connectivity index (χ1) is 6.15. The molecule has 0 aromatic heterocycles. The molecule has 0 heterocycles. The fraction of sp³-hybridized carbons (Fsp3) is 1.00. The third-order valence-electron chi connectivity index (χ3n) is 3.26. The second-order valence-corrected chi connectivity index (χ2v) is 15.5. The first-order valence-electron chi connectivity index (χ1n) is 5.82. The van der Waals surface area contributed by atoms with E-state index in [0.717, 1.165) is 6.04 Å². The molecular weight excluding hydrogens is 261 g/mol. The standard InChI is InChI=1S/C7H16N.2C2H5.In/c1-5-7(6-2)8(3)4;2*1-2;/h7H,1,5-6H2,2-4H3;2*1H2,2H3;. The molecule has 0 amide bonds. The molecule has 0 bridgehead atoms. The van der Waals surface area contributed by atoms with Crippen LogP contribution in [0.1, 0.15) is 33.6 Å². The fourth-order valence-corrected chi connectivity index (χ4v) is 8.37. The molecule has 0 saturated carbocycles. The summed E-state index contributed by atoms with van der Waals surface area (Å²) in [5.74, 6) is 0. The van der Waals surface area contributed by atoms with Gasteiger partial charge in [0.25, 0.3) is 0 Å². The summed E-state index contributed by atoms with van der Waals surface area (Å²) < 4.78 is 4.73. The molecule has 1 atom stereocenters. The molecule has 0 radical (unpaired) electrons. The molecule has 0 spiro atoms. The van der Waals surface area contributed by atoms with Crippen molar-refractivity contribution < 1.29 is 0 Å². The van der Waals surface area contributed by atoms with Crippen molar-refractivity contribution >= 4 is 21.4 Å². The second kappa shape index (κ2) is 8.16. The Morgan fingerprint density at radius 1 is 1.08 bits per heavy atom. The zero-order valence-corrected chi connectivity index (χ0v) is 13.4. The molecule has 0 saturated heterocycles. The van der Waals surface area contributed by atoms with Crippen molar-refractivity contribution in [2.75, 3.05) is 14.1 Å². The molecule has 0 N–H and O–H groups in total. The third kappa shape index (κ3) is 6.01. The number of nitrogens with zero attached hydrogens (tertiary/aromatic N) is 1. The first-order valence-corrected chi connectivity index (χ1v) is 12.8. The molecule has 2 heteroatoms. The van der Waals surface area contributed by atoms with Gasteiger partial charge in [-0.1, -0.05) is 0 Å². The molecule has 1 unspecified atom stereocenters. The maximum absolute atomic E-state index is 2.40. The van der Waals surface area contributed by atoms with E-state index in [4.69, 9.17) is 0 Å². The predicted octanol–water partition coefficient (Wildman–Crippen LogP) is 3.25. The van der Waals surface area contributed by atoms with E-state index in [1.165, 1.54) is 12.8 Å². The van der Waals surface area contributed by atoms with Crippen LogP contribution in [0, 0.1) is 0 Å². The third-order valence-corrected chi connectivity index (χ3v) is 13.1. The monoisotopic (exact) mass is 287 g/mol. The van der Waals surface area contributed by atoms with Crippen LogP contribution in [-0.4, -0.2) is 46.5 Å². The van der Waals surface area contributed by atoms with Gasteiger partial charge in [0.1, 0.15) is 0 Å². The van der Waals surface area contributed by atoms with Crippen LogP contribution in [-0.2, 0) is 0 Å². The van der Waals surface area contributed by atoms with Gasteiger partial charge in [-0.3, -0.25) is 0 Å². The van der Waals surface area contributed by atoms with Crippen molar-refractivity contribution in [1.29, 1.82) is 0 Å². The molecule has 0 aromatic rings. The summed E-state index contributed by atoms with van der Waals surface area (Å²) in [6.45, 7) is 7.12. The molecule has 0 aliphatic carbocycles. The molecule has 0 aliphatic heterocycles. The topological polar surface area (TPSA) is 3.24 Å². The predicted molar refractivity (Wildman–Crippen MR) is 63.9 cm³/mol. The van der Waals surface area contributed by atoms with Crippen LogP contribution in [0.2, 0.25) is 12.5 Å². The van der Waals surface area contributed by atoms with E-state index in [1.54, 1.807) is 12.5 Å². The normalized spacial score (nSPS) is 13.4. The summed E-state index contributed by atoms with van der Waals surface area (Å²) >= 11 is -0.987. The van der Waals surface area contributed by atoms with Gasteiger partial charge in [0.15, 0.2) is 0 Å². The van der Waals surface area contributed by atoms with Gasteiger partial charge in [0.2, 0.25) is 0 Å². The Kier molecular flexibility index (Phi) is 8.69. The average Bonchev–Trinajstić information content (AvgIpc) is 2.12. The van der Waals surface area contributed by atoms with E-state index in [2.05, 4.69) is 39.8 Å². The van der Waals surface area contributed by atoms with Crippen molar-refractivity contribution in [1.82, 2.24) is 4.90 Å². The van der Waals surface area contributed by atoms with Crippen LogP contribution < -0.4 is 0 Å². The minimum atomic E-state index is -0.987. The van der Waals surface area contributed by atoms with Crippen molar-refractivity contribution in [2.24, 2.45) is 0 Å². The first kappa shape index (κ1) is 13.8.